The fourth-order valence-electron chi connectivity index (χ4n) is 4.84. The molecule has 3 aromatic rings. The Kier molecular flexibility index (Phi) is 6.58. The van der Waals surface area contributed by atoms with Gasteiger partial charge in [0, 0.05) is 13.0 Å². The van der Waals surface area contributed by atoms with Gasteiger partial charge in [0.05, 0.1) is 29.7 Å². The fraction of sp³-hybridized carbons (Fsp3) is 0.423. The number of benzene rings is 2. The summed E-state index contributed by atoms with van der Waals surface area (Å²) in [5.41, 5.74) is 1.10. The van der Waals surface area contributed by atoms with Gasteiger partial charge in [-0.15, -0.1) is 0 Å². The summed E-state index contributed by atoms with van der Waals surface area (Å²) >= 11 is 0. The van der Waals surface area contributed by atoms with Crippen molar-refractivity contribution in [3.63, 3.8) is 0 Å². The monoisotopic (exact) mass is 433 g/mol. The molecule has 1 fully saturated rings. The summed E-state index contributed by atoms with van der Waals surface area (Å²) in [6.45, 7) is 2.03. The predicted molar refractivity (Wildman–Crippen MR) is 126 cm³/mol. The second-order valence-corrected chi connectivity index (χ2v) is 8.51. The number of fused-ring (bicyclic) bond motifs is 1. The van der Waals surface area contributed by atoms with Crippen LogP contribution in [-0.2, 0) is 4.79 Å². The second-order valence-electron chi connectivity index (χ2n) is 8.51. The molecule has 0 spiro atoms. The number of hydrogen-bond donors (Lipinski definition) is 0. The van der Waals surface area contributed by atoms with Crippen molar-refractivity contribution in [3.05, 3.63) is 64.7 Å². The van der Waals surface area contributed by atoms with Crippen molar-refractivity contribution in [2.24, 2.45) is 5.92 Å². The average Bonchev–Trinajstić information content (AvgIpc) is 2.84. The van der Waals surface area contributed by atoms with Crippen LogP contribution >= 0.6 is 0 Å². The highest BCUT2D eigenvalue weighted by atomic mass is 16.5. The van der Waals surface area contributed by atoms with Crippen molar-refractivity contribution in [2.75, 3.05) is 14.2 Å². The predicted octanol–water partition coefficient (Wildman–Crippen LogP) is 4.88. The van der Waals surface area contributed by atoms with Gasteiger partial charge >= 0.3 is 0 Å². The summed E-state index contributed by atoms with van der Waals surface area (Å²) in [5.74, 6) is 1.34. The van der Waals surface area contributed by atoms with E-state index in [1.165, 1.54) is 6.42 Å². The molecule has 1 aliphatic rings. The number of rotatable bonds is 6. The highest BCUT2D eigenvalue weighted by molar-refractivity contribution is 5.80. The van der Waals surface area contributed by atoms with Crippen molar-refractivity contribution in [3.8, 4) is 11.4 Å². The number of carbonyl (C=O) groups is 1. The Morgan fingerprint density at radius 1 is 1.12 bits per heavy atom. The Balaban J connectivity index is 1.89. The molecule has 0 saturated heterocycles. The molecule has 6 heteroatoms. The van der Waals surface area contributed by atoms with Gasteiger partial charge in [-0.2, -0.15) is 0 Å². The van der Waals surface area contributed by atoms with Crippen LogP contribution in [0.15, 0.2) is 53.3 Å². The molecule has 0 N–H and O–H groups in total. The molecule has 1 unspecified atom stereocenters. The lowest BCUT2D eigenvalue weighted by atomic mass is 9.88. The van der Waals surface area contributed by atoms with E-state index in [2.05, 4.69) is 0 Å². The Morgan fingerprint density at radius 2 is 1.81 bits per heavy atom. The second kappa shape index (κ2) is 9.55. The number of hydrogen-bond acceptors (Lipinski definition) is 4. The number of methoxy groups -OCH3 is 1. The standard InChI is InChI=1S/C26H31N3O3/c1-4-21(28(2)25(30)18-12-6-5-7-13-18)24-27-20-15-9-8-14-19(20)26(31)29(24)22-16-10-11-17-23(22)32-3/h8-11,14-18,21H,4-7,12-13H2,1-3H3. The Labute approximate surface area is 188 Å². The average molecular weight is 434 g/mol. The zero-order valence-electron chi connectivity index (χ0n) is 19.1. The van der Waals surface area contributed by atoms with E-state index >= 15 is 0 Å². The van der Waals surface area contributed by atoms with Crippen LogP contribution in [0.4, 0.5) is 0 Å². The van der Waals surface area contributed by atoms with E-state index in [1.807, 2.05) is 56.4 Å². The molecule has 32 heavy (non-hydrogen) atoms. The van der Waals surface area contributed by atoms with Crippen molar-refractivity contribution >= 4 is 16.8 Å². The minimum absolute atomic E-state index is 0.0506. The largest absolute Gasteiger partial charge is 0.495 e. The summed E-state index contributed by atoms with van der Waals surface area (Å²) in [6.07, 6.45) is 5.91. The number of nitrogens with zero attached hydrogens (tertiary/aromatic N) is 3. The molecule has 1 heterocycles. The SMILES string of the molecule is CCC(c1nc2ccccc2c(=O)n1-c1ccccc1OC)N(C)C(=O)C1CCCCC1. The van der Waals surface area contributed by atoms with Crippen molar-refractivity contribution in [1.29, 1.82) is 0 Å². The lowest BCUT2D eigenvalue weighted by molar-refractivity contribution is -0.137. The zero-order valence-corrected chi connectivity index (χ0v) is 19.1. The van der Waals surface area contributed by atoms with Gasteiger partial charge in [-0.25, -0.2) is 4.98 Å². The number of para-hydroxylation sites is 3. The molecule has 0 radical (unpaired) electrons. The summed E-state index contributed by atoms with van der Waals surface area (Å²) in [5, 5.41) is 0.540. The van der Waals surface area contributed by atoms with Crippen LogP contribution in [0.3, 0.4) is 0 Å². The molecule has 168 valence electrons. The molecule has 4 rings (SSSR count). The third-order valence-corrected chi connectivity index (χ3v) is 6.58. The van der Waals surface area contributed by atoms with Crippen LogP contribution in [0, 0.1) is 5.92 Å². The first-order valence-corrected chi connectivity index (χ1v) is 11.5. The summed E-state index contributed by atoms with van der Waals surface area (Å²) in [6, 6.07) is 14.5. The maximum Gasteiger partial charge on any atom is 0.266 e. The van der Waals surface area contributed by atoms with Crippen LogP contribution in [0.25, 0.3) is 16.6 Å². The number of aromatic nitrogens is 2. The molecule has 1 atom stereocenters. The van der Waals surface area contributed by atoms with Crippen LogP contribution in [0.2, 0.25) is 0 Å². The maximum absolute atomic E-state index is 13.7. The first kappa shape index (κ1) is 22.1. The van der Waals surface area contributed by atoms with E-state index in [-0.39, 0.29) is 23.4 Å². The van der Waals surface area contributed by atoms with Crippen LogP contribution in [0.1, 0.15) is 57.3 Å². The van der Waals surface area contributed by atoms with Crippen molar-refractivity contribution in [2.45, 2.75) is 51.5 Å². The van der Waals surface area contributed by atoms with E-state index in [0.29, 0.717) is 34.6 Å². The number of ether oxygens (including phenoxy) is 1. The molecule has 0 aliphatic heterocycles. The molecule has 1 aliphatic carbocycles. The van der Waals surface area contributed by atoms with Gasteiger partial charge in [-0.05, 0) is 43.5 Å². The fourth-order valence-corrected chi connectivity index (χ4v) is 4.84. The van der Waals surface area contributed by atoms with E-state index in [1.54, 1.807) is 22.6 Å². The quantitative estimate of drug-likeness (QED) is 0.556. The van der Waals surface area contributed by atoms with E-state index in [0.717, 1.165) is 25.7 Å². The van der Waals surface area contributed by atoms with Crippen LogP contribution in [-0.4, -0.2) is 34.5 Å². The van der Waals surface area contributed by atoms with Gasteiger partial charge < -0.3 is 9.64 Å². The molecular weight excluding hydrogens is 402 g/mol. The van der Waals surface area contributed by atoms with E-state index in [4.69, 9.17) is 9.72 Å². The molecule has 0 bridgehead atoms. The van der Waals surface area contributed by atoms with Gasteiger partial charge in [-0.1, -0.05) is 50.5 Å². The van der Waals surface area contributed by atoms with Gasteiger partial charge in [0.15, 0.2) is 0 Å². The third-order valence-electron chi connectivity index (χ3n) is 6.58. The van der Waals surface area contributed by atoms with Gasteiger partial charge in [0.1, 0.15) is 11.6 Å². The summed E-state index contributed by atoms with van der Waals surface area (Å²) < 4.78 is 7.20. The van der Waals surface area contributed by atoms with Crippen LogP contribution < -0.4 is 10.3 Å². The van der Waals surface area contributed by atoms with Crippen LogP contribution in [0.5, 0.6) is 5.75 Å². The maximum atomic E-state index is 13.7. The van der Waals surface area contributed by atoms with Gasteiger partial charge in [-0.3, -0.25) is 14.2 Å². The number of carbonyl (C=O) groups excluding carboxylic acids is 1. The van der Waals surface area contributed by atoms with E-state index < -0.39 is 0 Å². The molecule has 1 aromatic heterocycles. The lowest BCUT2D eigenvalue weighted by Crippen LogP contribution is -2.39. The topological polar surface area (TPSA) is 64.4 Å². The third kappa shape index (κ3) is 4.01. The molecule has 1 amide bonds. The smallest absolute Gasteiger partial charge is 0.266 e. The van der Waals surface area contributed by atoms with Crippen molar-refractivity contribution < 1.29 is 9.53 Å². The normalized spacial score (nSPS) is 15.5. The van der Waals surface area contributed by atoms with E-state index in [9.17, 15) is 9.59 Å². The highest BCUT2D eigenvalue weighted by Gasteiger charge is 2.31. The molecular formula is C26H31N3O3. The number of amides is 1. The summed E-state index contributed by atoms with van der Waals surface area (Å²) in [4.78, 5) is 33.8. The highest BCUT2D eigenvalue weighted by Crippen LogP contribution is 2.32. The Hall–Kier alpha value is -3.15. The summed E-state index contributed by atoms with van der Waals surface area (Å²) in [7, 11) is 3.44. The minimum atomic E-state index is -0.327. The Bertz CT molecular complexity index is 1160. The zero-order chi connectivity index (χ0) is 22.7. The van der Waals surface area contributed by atoms with Crippen molar-refractivity contribution in [1.82, 2.24) is 14.5 Å². The van der Waals surface area contributed by atoms with Gasteiger partial charge in [0.2, 0.25) is 5.91 Å². The lowest BCUT2D eigenvalue weighted by Gasteiger charge is -2.33. The molecule has 1 saturated carbocycles. The minimum Gasteiger partial charge on any atom is -0.495 e. The molecule has 2 aromatic carbocycles. The van der Waals surface area contributed by atoms with Gasteiger partial charge in [0.25, 0.3) is 5.56 Å². The first-order valence-electron chi connectivity index (χ1n) is 11.5. The first-order chi connectivity index (χ1) is 15.6. The molecule has 6 nitrogen and oxygen atoms in total. The Morgan fingerprint density at radius 3 is 2.53 bits per heavy atom.